The highest BCUT2D eigenvalue weighted by Gasteiger charge is 2.43. The second kappa shape index (κ2) is 5.36. The van der Waals surface area contributed by atoms with E-state index >= 15 is 0 Å². The molecule has 1 saturated heterocycles. The number of benzene rings is 1. The van der Waals surface area contributed by atoms with Crippen LogP contribution in [0.1, 0.15) is 30.4 Å². The van der Waals surface area contributed by atoms with Gasteiger partial charge in [0.05, 0.1) is 6.34 Å². The zero-order chi connectivity index (χ0) is 15.0. The first-order valence-electron chi connectivity index (χ1n) is 8.10. The van der Waals surface area contributed by atoms with Gasteiger partial charge in [0.2, 0.25) is 0 Å². The van der Waals surface area contributed by atoms with Crippen LogP contribution < -0.4 is 5.32 Å². The molecule has 4 rings (SSSR count). The minimum absolute atomic E-state index is 0.0120. The number of likely N-dealkylation sites (tertiary alicyclic amines) is 1. The number of carbonyl (C=O) groups is 1. The van der Waals surface area contributed by atoms with Gasteiger partial charge < -0.3 is 5.32 Å². The van der Waals surface area contributed by atoms with Crippen molar-refractivity contribution in [3.8, 4) is 0 Å². The van der Waals surface area contributed by atoms with Gasteiger partial charge in [-0.3, -0.25) is 9.69 Å². The monoisotopic (exact) mass is 295 g/mol. The molecule has 0 bridgehead atoms. The molecular weight excluding hydrogens is 274 g/mol. The third-order valence-corrected chi connectivity index (χ3v) is 5.20. The van der Waals surface area contributed by atoms with E-state index in [4.69, 9.17) is 0 Å². The second-order valence-corrected chi connectivity index (χ2v) is 6.57. The summed E-state index contributed by atoms with van der Waals surface area (Å²) in [6.45, 7) is 2.95. The lowest BCUT2D eigenvalue weighted by Crippen LogP contribution is -2.54. The molecule has 3 aliphatic rings. The molecule has 1 aliphatic carbocycles. The molecule has 4 heteroatoms. The van der Waals surface area contributed by atoms with E-state index < -0.39 is 5.54 Å². The molecule has 114 valence electrons. The Morgan fingerprint density at radius 1 is 1.18 bits per heavy atom. The lowest BCUT2D eigenvalue weighted by atomic mass is 9.86. The molecule has 0 aromatic heterocycles. The number of fused-ring (bicyclic) bond motifs is 1. The molecule has 1 spiro atoms. The summed E-state index contributed by atoms with van der Waals surface area (Å²) in [5.41, 5.74) is 3.95. The number of nitrogens with one attached hydrogen (secondary N) is 1. The number of carbonyl (C=O) groups excluding carboxylic acids is 1. The van der Waals surface area contributed by atoms with E-state index in [1.807, 2.05) is 0 Å². The average Bonchev–Trinajstić information content (AvgIpc) is 2.90. The summed E-state index contributed by atoms with van der Waals surface area (Å²) in [7, 11) is 0. The van der Waals surface area contributed by atoms with Crippen LogP contribution in [0.15, 0.2) is 34.8 Å². The molecule has 1 aromatic carbocycles. The van der Waals surface area contributed by atoms with Crippen molar-refractivity contribution >= 4 is 18.3 Å². The van der Waals surface area contributed by atoms with Crippen molar-refractivity contribution in [2.75, 3.05) is 19.6 Å². The van der Waals surface area contributed by atoms with Gasteiger partial charge in [-0.15, -0.1) is 0 Å². The van der Waals surface area contributed by atoms with E-state index in [1.165, 1.54) is 16.7 Å². The molecule has 1 aromatic rings. The fraction of sp³-hybridized carbons (Fsp3) is 0.444. The summed E-state index contributed by atoms with van der Waals surface area (Å²) in [5, 5.41) is 3.18. The molecule has 1 N–H and O–H groups in total. The van der Waals surface area contributed by atoms with Crippen LogP contribution in [0.5, 0.6) is 0 Å². The fourth-order valence-corrected chi connectivity index (χ4v) is 3.75. The molecule has 2 aliphatic heterocycles. The molecule has 0 unspecified atom stereocenters. The van der Waals surface area contributed by atoms with Crippen LogP contribution in [0.3, 0.4) is 0 Å². The first-order valence-corrected chi connectivity index (χ1v) is 8.10. The largest absolute Gasteiger partial charge is 0.362 e. The number of amides is 1. The number of aliphatic imine (C=N–C) groups is 1. The number of piperidine rings is 1. The summed E-state index contributed by atoms with van der Waals surface area (Å²) in [6, 6.07) is 8.67. The normalized spacial score (nSPS) is 23.3. The molecule has 2 heterocycles. The van der Waals surface area contributed by atoms with Crippen molar-refractivity contribution in [1.82, 2.24) is 10.2 Å². The predicted octanol–water partition coefficient (Wildman–Crippen LogP) is 2.01. The Balaban J connectivity index is 1.40. The van der Waals surface area contributed by atoms with Crippen molar-refractivity contribution in [2.24, 2.45) is 4.99 Å². The maximum atomic E-state index is 11.9. The number of hydrogen-bond donors (Lipinski definition) is 1. The summed E-state index contributed by atoms with van der Waals surface area (Å²) in [6.07, 6.45) is 7.93. The zero-order valence-corrected chi connectivity index (χ0v) is 12.7. The molecule has 0 atom stereocenters. The van der Waals surface area contributed by atoms with Crippen LogP contribution in [0, 0.1) is 0 Å². The van der Waals surface area contributed by atoms with Gasteiger partial charge in [0.1, 0.15) is 5.54 Å². The van der Waals surface area contributed by atoms with Gasteiger partial charge in [0.15, 0.2) is 0 Å². The van der Waals surface area contributed by atoms with Gasteiger partial charge in [-0.2, -0.15) is 0 Å². The van der Waals surface area contributed by atoms with E-state index in [0.717, 1.165) is 45.3 Å². The van der Waals surface area contributed by atoms with E-state index in [0.29, 0.717) is 0 Å². The first kappa shape index (κ1) is 13.7. The van der Waals surface area contributed by atoms with Gasteiger partial charge in [0.25, 0.3) is 5.91 Å². The standard InChI is InChI=1S/C18H21N3O/c22-17-18(20-13-19-17)7-9-21(10-8-18)12-14-5-6-15-3-1-2-4-16(15)11-14/h1-4,11,13H,5-10,12H2,(H,19,20,22). The Morgan fingerprint density at radius 2 is 2.00 bits per heavy atom. The topological polar surface area (TPSA) is 44.7 Å². The lowest BCUT2D eigenvalue weighted by Gasteiger charge is -2.38. The Hall–Kier alpha value is -1.94. The Labute approximate surface area is 130 Å². The van der Waals surface area contributed by atoms with E-state index in [2.05, 4.69) is 45.6 Å². The van der Waals surface area contributed by atoms with Crippen molar-refractivity contribution in [2.45, 2.75) is 31.2 Å². The van der Waals surface area contributed by atoms with Gasteiger partial charge in [-0.25, -0.2) is 4.99 Å². The SMILES string of the molecule is O=C1N=CNC12CCN(CC1=Cc3ccccc3CC1)CC2. The smallest absolute Gasteiger partial charge is 0.272 e. The number of rotatable bonds is 2. The minimum atomic E-state index is -0.399. The third kappa shape index (κ3) is 2.37. The van der Waals surface area contributed by atoms with Crippen LogP contribution in [-0.2, 0) is 11.2 Å². The quantitative estimate of drug-likeness (QED) is 0.908. The summed E-state index contributed by atoms with van der Waals surface area (Å²) < 4.78 is 0. The first-order chi connectivity index (χ1) is 10.8. The van der Waals surface area contributed by atoms with Crippen LogP contribution in [-0.4, -0.2) is 42.3 Å². The molecule has 22 heavy (non-hydrogen) atoms. The Kier molecular flexibility index (Phi) is 3.34. The minimum Gasteiger partial charge on any atom is -0.362 e. The molecule has 0 saturated carbocycles. The van der Waals surface area contributed by atoms with Gasteiger partial charge >= 0.3 is 0 Å². The highest BCUT2D eigenvalue weighted by atomic mass is 16.2. The van der Waals surface area contributed by atoms with E-state index in [-0.39, 0.29) is 5.91 Å². The van der Waals surface area contributed by atoms with Crippen LogP contribution in [0.4, 0.5) is 0 Å². The van der Waals surface area contributed by atoms with Crippen molar-refractivity contribution in [3.63, 3.8) is 0 Å². The van der Waals surface area contributed by atoms with Gasteiger partial charge in [-0.1, -0.05) is 35.9 Å². The van der Waals surface area contributed by atoms with Gasteiger partial charge in [-0.05, 0) is 36.8 Å². The summed E-state index contributed by atoms with van der Waals surface area (Å²) in [5.74, 6) is 0.0120. The summed E-state index contributed by atoms with van der Waals surface area (Å²) in [4.78, 5) is 18.2. The van der Waals surface area contributed by atoms with Crippen LogP contribution >= 0.6 is 0 Å². The molecule has 1 fully saturated rings. The van der Waals surface area contributed by atoms with Crippen molar-refractivity contribution < 1.29 is 4.79 Å². The van der Waals surface area contributed by atoms with Crippen molar-refractivity contribution in [1.29, 1.82) is 0 Å². The Bertz CT molecular complexity index is 654. The highest BCUT2D eigenvalue weighted by Crippen LogP contribution is 2.28. The van der Waals surface area contributed by atoms with Crippen LogP contribution in [0.25, 0.3) is 6.08 Å². The third-order valence-electron chi connectivity index (χ3n) is 5.20. The molecule has 1 amide bonds. The second-order valence-electron chi connectivity index (χ2n) is 6.57. The van der Waals surface area contributed by atoms with Crippen molar-refractivity contribution in [3.05, 3.63) is 41.0 Å². The number of aryl methyl sites for hydroxylation is 1. The average molecular weight is 295 g/mol. The zero-order valence-electron chi connectivity index (χ0n) is 12.7. The molecular formula is C18H21N3O. The lowest BCUT2D eigenvalue weighted by molar-refractivity contribution is -0.124. The molecule has 0 radical (unpaired) electrons. The number of nitrogens with zero attached hydrogens (tertiary/aromatic N) is 2. The summed E-state index contributed by atoms with van der Waals surface area (Å²) >= 11 is 0. The maximum absolute atomic E-state index is 11.9. The maximum Gasteiger partial charge on any atom is 0.272 e. The van der Waals surface area contributed by atoms with E-state index in [9.17, 15) is 4.79 Å². The van der Waals surface area contributed by atoms with Crippen LogP contribution in [0.2, 0.25) is 0 Å². The molecule has 4 nitrogen and oxygen atoms in total. The highest BCUT2D eigenvalue weighted by molar-refractivity contribution is 5.98. The fourth-order valence-electron chi connectivity index (χ4n) is 3.75. The predicted molar refractivity (Wildman–Crippen MR) is 87.8 cm³/mol. The number of hydrogen-bond acceptors (Lipinski definition) is 3. The Morgan fingerprint density at radius 3 is 2.77 bits per heavy atom. The van der Waals surface area contributed by atoms with Gasteiger partial charge in [0, 0.05) is 19.6 Å². The van der Waals surface area contributed by atoms with E-state index in [1.54, 1.807) is 6.34 Å².